The van der Waals surface area contributed by atoms with Gasteiger partial charge in [-0.1, -0.05) is 52.9 Å². The smallest absolute Gasteiger partial charge is 0.336 e. The number of unbranched alkanes of at least 4 members (excludes halogenated alkanes) is 1. The van der Waals surface area contributed by atoms with Crippen molar-refractivity contribution in [1.29, 1.82) is 0 Å². The van der Waals surface area contributed by atoms with Crippen molar-refractivity contribution in [3.8, 4) is 34.4 Å². The van der Waals surface area contributed by atoms with E-state index in [0.717, 1.165) is 68.4 Å². The number of methoxy groups -OCH3 is 2. The Morgan fingerprint density at radius 3 is 1.79 bits per heavy atom. The molecule has 48 heavy (non-hydrogen) atoms. The predicted octanol–water partition coefficient (Wildman–Crippen LogP) is 8.77. The van der Waals surface area contributed by atoms with Gasteiger partial charge in [-0.2, -0.15) is 0 Å². The van der Waals surface area contributed by atoms with Crippen molar-refractivity contribution in [3.05, 3.63) is 106 Å². The third-order valence-electron chi connectivity index (χ3n) is 7.44. The van der Waals surface area contributed by atoms with E-state index in [-0.39, 0.29) is 6.61 Å². The van der Waals surface area contributed by atoms with Crippen molar-refractivity contribution >= 4 is 28.6 Å². The summed E-state index contributed by atoms with van der Waals surface area (Å²) in [5.41, 5.74) is 5.34. The molecule has 0 aliphatic rings. The largest absolute Gasteiger partial charge is 0.497 e. The molecule has 5 rings (SSSR count). The van der Waals surface area contributed by atoms with Crippen LogP contribution in [0.4, 0.5) is 0 Å². The van der Waals surface area contributed by atoms with Gasteiger partial charge in [-0.15, -0.1) is 0 Å². The van der Waals surface area contributed by atoms with Gasteiger partial charge in [0.2, 0.25) is 11.8 Å². The molecule has 254 valence electrons. The molecule has 0 radical (unpaired) electrons. The highest BCUT2D eigenvalue weighted by Gasteiger charge is 2.14. The lowest BCUT2D eigenvalue weighted by molar-refractivity contribution is 0.0682. The van der Waals surface area contributed by atoms with Crippen LogP contribution in [0.2, 0.25) is 0 Å². The van der Waals surface area contributed by atoms with Gasteiger partial charge >= 0.3 is 5.97 Å². The number of aryl methyl sites for hydroxylation is 3. The maximum atomic E-state index is 11.4. The van der Waals surface area contributed by atoms with Gasteiger partial charge in [0.05, 0.1) is 38.7 Å². The van der Waals surface area contributed by atoms with E-state index in [0.29, 0.717) is 42.7 Å². The molecule has 11 heteroatoms. The number of carboxylic acid groups (broad SMARTS) is 1. The Morgan fingerprint density at radius 1 is 0.750 bits per heavy atom. The zero-order valence-electron chi connectivity index (χ0n) is 27.9. The summed E-state index contributed by atoms with van der Waals surface area (Å²) >= 11 is 2.28. The zero-order valence-corrected chi connectivity index (χ0v) is 30.0. The molecule has 1 N–H and O–H groups in total. The summed E-state index contributed by atoms with van der Waals surface area (Å²) in [4.78, 5) is 20.4. The first-order valence-electron chi connectivity index (χ1n) is 15.5. The lowest BCUT2D eigenvalue weighted by Gasteiger charge is -2.09. The summed E-state index contributed by atoms with van der Waals surface area (Å²) in [6.07, 6.45) is 1.65. The minimum absolute atomic E-state index is 0.287. The summed E-state index contributed by atoms with van der Waals surface area (Å²) in [7, 11) is 3.27. The number of alkyl halides is 1. The molecular weight excluding hydrogens is 727 g/mol. The van der Waals surface area contributed by atoms with Crippen molar-refractivity contribution in [2.24, 2.45) is 0 Å². The molecule has 2 aromatic heterocycles. The van der Waals surface area contributed by atoms with Gasteiger partial charge in [-0.05, 0) is 81.1 Å². The first kappa shape index (κ1) is 36.6. The first-order valence-corrected chi connectivity index (χ1v) is 17.0. The number of carbonyl (C=O) groups is 1. The summed E-state index contributed by atoms with van der Waals surface area (Å²) in [6.45, 7) is 7.39. The van der Waals surface area contributed by atoms with E-state index >= 15 is 0 Å². The van der Waals surface area contributed by atoms with Gasteiger partial charge in [0, 0.05) is 28.8 Å². The molecule has 0 bridgehead atoms. The molecule has 0 atom stereocenters. The normalized spacial score (nSPS) is 10.8. The van der Waals surface area contributed by atoms with Crippen molar-refractivity contribution in [2.75, 3.05) is 27.4 Å². The van der Waals surface area contributed by atoms with Gasteiger partial charge in [-0.25, -0.2) is 14.8 Å². The lowest BCUT2D eigenvalue weighted by atomic mass is 10.0. The standard InChI is InChI=1S/C25H29NO6.C12H12INO2/c1-17-8-6-10-20(23(17)25(27)28)15-30-12-4-5-13-31-16-22-18(2)32-24(26-22)19-9-7-11-21(14-19)29-3;1-8-11(7-13)14-12(16-8)9-4-3-5-10(6-9)15-2/h6-11,14H,4-5,12-13,15-16H2,1-3H3,(H,27,28);3-6H,7H2,1-2H3. The number of aromatic nitrogens is 2. The summed E-state index contributed by atoms with van der Waals surface area (Å²) in [6, 6.07) is 20.7. The first-order chi connectivity index (χ1) is 23.2. The van der Waals surface area contributed by atoms with Crippen LogP contribution in [0, 0.1) is 20.8 Å². The number of hydrogen-bond donors (Lipinski definition) is 1. The molecule has 0 spiro atoms. The number of benzene rings is 3. The van der Waals surface area contributed by atoms with Gasteiger partial charge < -0.3 is 32.9 Å². The molecule has 0 unspecified atom stereocenters. The number of halogens is 1. The van der Waals surface area contributed by atoms with Gasteiger partial charge in [-0.3, -0.25) is 0 Å². The second-order valence-corrected chi connectivity index (χ2v) is 11.6. The van der Waals surface area contributed by atoms with Crippen LogP contribution in [0.25, 0.3) is 22.9 Å². The van der Waals surface area contributed by atoms with Gasteiger partial charge in [0.1, 0.15) is 28.7 Å². The molecule has 2 heterocycles. The van der Waals surface area contributed by atoms with Crippen LogP contribution in [0.15, 0.2) is 75.6 Å². The van der Waals surface area contributed by atoms with Crippen molar-refractivity contribution in [1.82, 2.24) is 9.97 Å². The van der Waals surface area contributed by atoms with E-state index in [1.54, 1.807) is 33.3 Å². The number of ether oxygens (including phenoxy) is 4. The summed E-state index contributed by atoms with van der Waals surface area (Å²) < 4.78 is 34.1. The fourth-order valence-electron chi connectivity index (χ4n) is 4.79. The number of rotatable bonds is 15. The van der Waals surface area contributed by atoms with E-state index < -0.39 is 5.97 Å². The maximum absolute atomic E-state index is 11.4. The Morgan fingerprint density at radius 2 is 1.27 bits per heavy atom. The van der Waals surface area contributed by atoms with E-state index in [1.165, 1.54) is 0 Å². The number of carboxylic acids is 1. The lowest BCUT2D eigenvalue weighted by Crippen LogP contribution is -2.07. The van der Waals surface area contributed by atoms with Gasteiger partial charge in [0.15, 0.2) is 0 Å². The molecule has 0 aliphatic heterocycles. The Balaban J connectivity index is 0.000000271. The second-order valence-electron chi connectivity index (χ2n) is 10.9. The Labute approximate surface area is 294 Å². The molecular formula is C37H41IN2O8. The Kier molecular flexibility index (Phi) is 14.0. The molecule has 0 amide bonds. The van der Waals surface area contributed by atoms with E-state index in [4.69, 9.17) is 27.8 Å². The Bertz CT molecular complexity index is 1780. The number of oxazole rings is 2. The quantitative estimate of drug-likeness (QED) is 0.0628. The molecule has 0 aliphatic carbocycles. The van der Waals surface area contributed by atoms with E-state index in [2.05, 4.69) is 32.6 Å². The van der Waals surface area contributed by atoms with Crippen LogP contribution < -0.4 is 9.47 Å². The van der Waals surface area contributed by atoms with Crippen LogP contribution in [0.3, 0.4) is 0 Å². The van der Waals surface area contributed by atoms with E-state index in [1.807, 2.05) is 68.4 Å². The van der Waals surface area contributed by atoms with Crippen LogP contribution in [0.5, 0.6) is 11.5 Å². The average molecular weight is 769 g/mol. The molecule has 10 nitrogen and oxygen atoms in total. The SMILES string of the molecule is COc1cccc(-c2nc(CI)c(C)o2)c1.COc1cccc(-c2nc(COCCCCOCc3cccc(C)c3C(=O)O)c(C)o2)c1. The highest BCUT2D eigenvalue weighted by Crippen LogP contribution is 2.27. The van der Waals surface area contributed by atoms with E-state index in [9.17, 15) is 9.90 Å². The highest BCUT2D eigenvalue weighted by atomic mass is 127. The number of aromatic carboxylic acids is 1. The average Bonchev–Trinajstić information content (AvgIpc) is 3.67. The monoisotopic (exact) mass is 768 g/mol. The second kappa shape index (κ2) is 18.4. The summed E-state index contributed by atoms with van der Waals surface area (Å²) in [5, 5.41) is 9.36. The minimum atomic E-state index is -0.923. The van der Waals surface area contributed by atoms with Crippen LogP contribution in [0.1, 0.15) is 57.2 Å². The molecule has 5 aromatic rings. The van der Waals surface area contributed by atoms with Crippen molar-refractivity contribution in [3.63, 3.8) is 0 Å². The Hall–Kier alpha value is -4.20. The van der Waals surface area contributed by atoms with Gasteiger partial charge in [0.25, 0.3) is 0 Å². The maximum Gasteiger partial charge on any atom is 0.336 e. The van der Waals surface area contributed by atoms with Crippen molar-refractivity contribution < 1.29 is 37.7 Å². The predicted molar refractivity (Wildman–Crippen MR) is 191 cm³/mol. The fraction of sp³-hybridized carbons (Fsp3) is 0.324. The highest BCUT2D eigenvalue weighted by molar-refractivity contribution is 14.1. The molecule has 0 saturated heterocycles. The third kappa shape index (κ3) is 10.1. The molecule has 0 saturated carbocycles. The summed E-state index contributed by atoms with van der Waals surface area (Å²) in [5.74, 6) is 3.45. The van der Waals surface area contributed by atoms with Crippen molar-refractivity contribution in [2.45, 2.75) is 51.3 Å². The van der Waals surface area contributed by atoms with Crippen LogP contribution in [-0.4, -0.2) is 48.5 Å². The fourth-order valence-corrected chi connectivity index (χ4v) is 5.49. The number of hydrogen-bond acceptors (Lipinski definition) is 9. The minimum Gasteiger partial charge on any atom is -0.497 e. The molecule has 3 aromatic carbocycles. The zero-order chi connectivity index (χ0) is 34.5. The third-order valence-corrected chi connectivity index (χ3v) is 8.16. The number of nitrogens with zero attached hydrogens (tertiary/aromatic N) is 2. The van der Waals surface area contributed by atoms with Crippen LogP contribution in [-0.2, 0) is 27.1 Å². The topological polar surface area (TPSA) is 126 Å². The van der Waals surface area contributed by atoms with Crippen LogP contribution >= 0.6 is 22.6 Å². The molecule has 0 fully saturated rings.